The minimum atomic E-state index is -4.77. The highest BCUT2D eigenvalue weighted by atomic mass is 35.5. The van der Waals surface area contributed by atoms with Crippen LogP contribution < -0.4 is 0 Å². The lowest BCUT2D eigenvalue weighted by molar-refractivity contribution is -0.139. The van der Waals surface area contributed by atoms with Crippen LogP contribution >= 0.6 is 11.6 Å². The molecule has 0 aromatic carbocycles. The molecule has 0 amide bonds. The van der Waals surface area contributed by atoms with Crippen molar-refractivity contribution in [1.82, 2.24) is 4.98 Å². The Kier molecular flexibility index (Phi) is 2.23. The Morgan fingerprint density at radius 3 is 2.17 bits per heavy atom. The van der Waals surface area contributed by atoms with Crippen molar-refractivity contribution in [3.8, 4) is 0 Å². The van der Waals surface area contributed by atoms with E-state index in [1.807, 2.05) is 0 Å². The van der Waals surface area contributed by atoms with Crippen molar-refractivity contribution < 1.29 is 17.6 Å². The van der Waals surface area contributed by atoms with Gasteiger partial charge in [-0.3, -0.25) is 4.98 Å². The number of pyridine rings is 1. The number of halogens is 5. The number of hydrogen-bond donors (Lipinski definition) is 0. The Labute approximate surface area is 70.0 Å². The molecule has 6 heteroatoms. The summed E-state index contributed by atoms with van der Waals surface area (Å²) in [4.78, 5) is 3.15. The monoisotopic (exact) mass is 199 g/mol. The fraction of sp³-hybridized carbons (Fsp3) is 0.167. The molecule has 0 aliphatic heterocycles. The van der Waals surface area contributed by atoms with E-state index in [4.69, 9.17) is 11.6 Å². The molecule has 1 aromatic rings. The van der Waals surface area contributed by atoms with Crippen molar-refractivity contribution in [1.29, 1.82) is 0 Å². The van der Waals surface area contributed by atoms with E-state index in [1.165, 1.54) is 0 Å². The van der Waals surface area contributed by atoms with Crippen LogP contribution in [0.25, 0.3) is 0 Å². The van der Waals surface area contributed by atoms with Gasteiger partial charge in [0.1, 0.15) is 5.56 Å². The predicted molar refractivity (Wildman–Crippen MR) is 34.2 cm³/mol. The highest BCUT2D eigenvalue weighted by molar-refractivity contribution is 6.31. The quantitative estimate of drug-likeness (QED) is 0.586. The van der Waals surface area contributed by atoms with Crippen LogP contribution in [0.2, 0.25) is 5.02 Å². The summed E-state index contributed by atoms with van der Waals surface area (Å²) in [5.74, 6) is -1.46. The molecule has 66 valence electrons. The van der Waals surface area contributed by atoms with Gasteiger partial charge in [-0.15, -0.1) is 0 Å². The first kappa shape index (κ1) is 9.25. The molecule has 0 N–H and O–H groups in total. The standard InChI is InChI=1S/C6H2ClF4N/c7-3-1-12-2-4(8)5(3)6(9,10)11/h1-2H. The van der Waals surface area contributed by atoms with E-state index in [0.717, 1.165) is 6.20 Å². The van der Waals surface area contributed by atoms with Gasteiger partial charge in [-0.25, -0.2) is 4.39 Å². The third kappa shape index (κ3) is 1.66. The zero-order chi connectivity index (χ0) is 9.35. The molecule has 0 fully saturated rings. The van der Waals surface area contributed by atoms with E-state index in [9.17, 15) is 17.6 Å². The van der Waals surface area contributed by atoms with Gasteiger partial charge in [0, 0.05) is 6.20 Å². The second kappa shape index (κ2) is 2.90. The molecule has 0 atom stereocenters. The molecule has 0 saturated carbocycles. The van der Waals surface area contributed by atoms with Gasteiger partial charge in [0.25, 0.3) is 0 Å². The van der Waals surface area contributed by atoms with Crippen molar-refractivity contribution in [3.63, 3.8) is 0 Å². The molecule has 1 nitrogen and oxygen atoms in total. The molecule has 0 aliphatic rings. The van der Waals surface area contributed by atoms with E-state index in [-0.39, 0.29) is 0 Å². The fourth-order valence-corrected chi connectivity index (χ4v) is 0.936. The molecule has 1 rings (SSSR count). The number of aromatic nitrogens is 1. The Hall–Kier alpha value is -0.840. The van der Waals surface area contributed by atoms with Crippen LogP contribution in [-0.4, -0.2) is 4.98 Å². The first-order chi connectivity index (χ1) is 5.43. The van der Waals surface area contributed by atoms with E-state index in [2.05, 4.69) is 4.98 Å². The predicted octanol–water partition coefficient (Wildman–Crippen LogP) is 2.89. The molecule has 0 radical (unpaired) electrons. The van der Waals surface area contributed by atoms with Crippen molar-refractivity contribution >= 4 is 11.6 Å². The summed E-state index contributed by atoms with van der Waals surface area (Å²) in [7, 11) is 0. The fourth-order valence-electron chi connectivity index (χ4n) is 0.682. The van der Waals surface area contributed by atoms with Gasteiger partial charge < -0.3 is 0 Å². The largest absolute Gasteiger partial charge is 0.420 e. The number of alkyl halides is 3. The maximum absolute atomic E-state index is 12.5. The SMILES string of the molecule is Fc1cncc(Cl)c1C(F)(F)F. The first-order valence-corrected chi connectivity index (χ1v) is 3.17. The molecular weight excluding hydrogens is 198 g/mol. The van der Waals surface area contributed by atoms with Crippen LogP contribution in [0.15, 0.2) is 12.4 Å². The van der Waals surface area contributed by atoms with Gasteiger partial charge >= 0.3 is 6.18 Å². The van der Waals surface area contributed by atoms with Gasteiger partial charge in [0.15, 0.2) is 5.82 Å². The smallest absolute Gasteiger partial charge is 0.260 e. The van der Waals surface area contributed by atoms with Crippen LogP contribution in [-0.2, 0) is 6.18 Å². The van der Waals surface area contributed by atoms with Crippen molar-refractivity contribution in [2.24, 2.45) is 0 Å². The Morgan fingerprint density at radius 1 is 1.25 bits per heavy atom. The Balaban J connectivity index is 3.31. The highest BCUT2D eigenvalue weighted by Crippen LogP contribution is 2.35. The summed E-state index contributed by atoms with van der Waals surface area (Å²) in [6.07, 6.45) is -3.56. The number of rotatable bonds is 0. The van der Waals surface area contributed by atoms with Gasteiger partial charge in [-0.05, 0) is 0 Å². The summed E-state index contributed by atoms with van der Waals surface area (Å²) in [6, 6.07) is 0. The van der Waals surface area contributed by atoms with Crippen molar-refractivity contribution in [2.75, 3.05) is 0 Å². The summed E-state index contributed by atoms with van der Waals surface area (Å²) in [6.45, 7) is 0. The zero-order valence-electron chi connectivity index (χ0n) is 5.49. The topological polar surface area (TPSA) is 12.9 Å². The zero-order valence-corrected chi connectivity index (χ0v) is 6.25. The lowest BCUT2D eigenvalue weighted by Crippen LogP contribution is -2.09. The number of hydrogen-bond acceptors (Lipinski definition) is 1. The van der Waals surface area contributed by atoms with Crippen molar-refractivity contribution in [3.05, 3.63) is 28.8 Å². The maximum atomic E-state index is 12.5. The van der Waals surface area contributed by atoms with E-state index in [0.29, 0.717) is 6.20 Å². The minimum Gasteiger partial charge on any atom is -0.260 e. The summed E-state index contributed by atoms with van der Waals surface area (Å²) in [5.41, 5.74) is -1.47. The van der Waals surface area contributed by atoms with Crippen molar-refractivity contribution in [2.45, 2.75) is 6.18 Å². The molecule has 1 heterocycles. The highest BCUT2D eigenvalue weighted by Gasteiger charge is 2.36. The van der Waals surface area contributed by atoms with Crippen LogP contribution in [0, 0.1) is 5.82 Å². The summed E-state index contributed by atoms with van der Waals surface area (Å²) < 4.78 is 48.4. The third-order valence-electron chi connectivity index (χ3n) is 1.14. The van der Waals surface area contributed by atoms with E-state index in [1.54, 1.807) is 0 Å². The molecule has 0 saturated heterocycles. The average molecular weight is 200 g/mol. The first-order valence-electron chi connectivity index (χ1n) is 2.79. The summed E-state index contributed by atoms with van der Waals surface area (Å²) in [5, 5.41) is -0.734. The normalized spacial score (nSPS) is 11.8. The Bertz CT molecular complexity index is 276. The number of nitrogens with zero attached hydrogens (tertiary/aromatic N) is 1. The second-order valence-electron chi connectivity index (χ2n) is 1.98. The molecule has 0 spiro atoms. The van der Waals surface area contributed by atoms with Gasteiger partial charge in [-0.1, -0.05) is 11.6 Å². The van der Waals surface area contributed by atoms with E-state index >= 15 is 0 Å². The van der Waals surface area contributed by atoms with Crippen LogP contribution in [0.5, 0.6) is 0 Å². The minimum absolute atomic E-state index is 0.467. The Morgan fingerprint density at radius 2 is 1.83 bits per heavy atom. The molecule has 1 aromatic heterocycles. The van der Waals surface area contributed by atoms with Gasteiger partial charge in [0.05, 0.1) is 11.2 Å². The summed E-state index contributed by atoms with van der Waals surface area (Å²) >= 11 is 5.09. The molecule has 0 aliphatic carbocycles. The molecular formula is C6H2ClF4N. The molecule has 0 bridgehead atoms. The van der Waals surface area contributed by atoms with Crippen LogP contribution in [0.3, 0.4) is 0 Å². The third-order valence-corrected chi connectivity index (χ3v) is 1.42. The average Bonchev–Trinajstić information content (AvgIpc) is 1.82. The lowest BCUT2D eigenvalue weighted by atomic mass is 10.2. The van der Waals surface area contributed by atoms with Gasteiger partial charge in [-0.2, -0.15) is 13.2 Å². The lowest BCUT2D eigenvalue weighted by Gasteiger charge is -2.08. The van der Waals surface area contributed by atoms with Crippen LogP contribution in [0.4, 0.5) is 17.6 Å². The van der Waals surface area contributed by atoms with Gasteiger partial charge in [0.2, 0.25) is 0 Å². The molecule has 0 unspecified atom stereocenters. The second-order valence-corrected chi connectivity index (χ2v) is 2.38. The molecule has 12 heavy (non-hydrogen) atoms. The maximum Gasteiger partial charge on any atom is 0.420 e. The van der Waals surface area contributed by atoms with E-state index < -0.39 is 22.6 Å². The van der Waals surface area contributed by atoms with Crippen LogP contribution in [0.1, 0.15) is 5.56 Å².